The second-order valence-electron chi connectivity index (χ2n) is 4.22. The highest BCUT2D eigenvalue weighted by Gasteiger charge is 1.97. The molecule has 92 valence electrons. The smallest absolute Gasteiger partial charge is 0.137 e. The van der Waals surface area contributed by atoms with Crippen molar-refractivity contribution in [3.05, 3.63) is 70.6 Å². The van der Waals surface area contributed by atoms with E-state index in [0.717, 1.165) is 22.3 Å². The van der Waals surface area contributed by atoms with E-state index in [-0.39, 0.29) is 0 Å². The average Bonchev–Trinajstić information content (AvgIpc) is 2.46. The largest absolute Gasteiger partial charge is 0.340 e. The van der Waals surface area contributed by atoms with Gasteiger partial charge in [0, 0.05) is 10.9 Å². The van der Waals surface area contributed by atoms with Gasteiger partial charge >= 0.3 is 0 Å². The van der Waals surface area contributed by atoms with Gasteiger partial charge in [-0.05, 0) is 23.8 Å². The third kappa shape index (κ3) is 2.61. The molecule has 19 heavy (non-hydrogen) atoms. The molecule has 3 heteroatoms. The Hall–Kier alpha value is -2.26. The van der Waals surface area contributed by atoms with Crippen LogP contribution in [0.5, 0.6) is 0 Å². The molecule has 1 N–H and O–H groups in total. The predicted molar refractivity (Wildman–Crippen MR) is 82.3 cm³/mol. The Morgan fingerprint density at radius 1 is 0.895 bits per heavy atom. The first-order valence-corrected chi connectivity index (χ1v) is 6.46. The van der Waals surface area contributed by atoms with Gasteiger partial charge in [0.25, 0.3) is 0 Å². The summed E-state index contributed by atoms with van der Waals surface area (Å²) >= 11 is 5.31. The molecule has 1 heterocycles. The van der Waals surface area contributed by atoms with Crippen LogP contribution in [0.15, 0.2) is 54.6 Å². The van der Waals surface area contributed by atoms with Crippen LogP contribution in [0.1, 0.15) is 11.4 Å². The highest BCUT2D eigenvalue weighted by Crippen LogP contribution is 2.13. The number of aromatic amines is 1. The number of para-hydroxylation sites is 1. The van der Waals surface area contributed by atoms with Crippen LogP contribution >= 0.6 is 12.2 Å². The number of nitrogens with zero attached hydrogens (tertiary/aromatic N) is 1. The summed E-state index contributed by atoms with van der Waals surface area (Å²) < 4.78 is 0.627. The lowest BCUT2D eigenvalue weighted by Gasteiger charge is -2.00. The lowest BCUT2D eigenvalue weighted by molar-refractivity contribution is 1.17. The maximum absolute atomic E-state index is 5.31. The van der Waals surface area contributed by atoms with Gasteiger partial charge in [-0.2, -0.15) is 0 Å². The summed E-state index contributed by atoms with van der Waals surface area (Å²) in [6, 6.07) is 18.0. The predicted octanol–water partition coefficient (Wildman–Crippen LogP) is 4.46. The number of nitrogens with one attached hydrogen (secondary N) is 1. The van der Waals surface area contributed by atoms with E-state index in [1.807, 2.05) is 66.7 Å². The fourth-order valence-corrected chi connectivity index (χ4v) is 2.21. The van der Waals surface area contributed by atoms with Crippen LogP contribution in [0.2, 0.25) is 0 Å². The zero-order chi connectivity index (χ0) is 13.1. The molecule has 0 atom stereocenters. The lowest BCUT2D eigenvalue weighted by Crippen LogP contribution is -1.89. The summed E-state index contributed by atoms with van der Waals surface area (Å²) in [5.41, 5.74) is 2.15. The molecule has 0 aliphatic heterocycles. The van der Waals surface area contributed by atoms with Crippen molar-refractivity contribution in [2.45, 2.75) is 0 Å². The second-order valence-corrected chi connectivity index (χ2v) is 4.60. The summed E-state index contributed by atoms with van der Waals surface area (Å²) in [6.45, 7) is 0. The molecule has 0 radical (unpaired) electrons. The number of rotatable bonds is 2. The van der Waals surface area contributed by atoms with Gasteiger partial charge in [0.15, 0.2) is 0 Å². The minimum Gasteiger partial charge on any atom is -0.340 e. The summed E-state index contributed by atoms with van der Waals surface area (Å²) in [5.74, 6) is 0.771. The van der Waals surface area contributed by atoms with Crippen molar-refractivity contribution in [1.29, 1.82) is 0 Å². The molecule has 2 aromatic carbocycles. The van der Waals surface area contributed by atoms with Gasteiger partial charge < -0.3 is 4.98 Å². The topological polar surface area (TPSA) is 28.7 Å². The molecule has 0 fully saturated rings. The molecule has 3 aromatic rings. The van der Waals surface area contributed by atoms with E-state index in [1.54, 1.807) is 0 Å². The monoisotopic (exact) mass is 264 g/mol. The second kappa shape index (κ2) is 5.16. The average molecular weight is 264 g/mol. The van der Waals surface area contributed by atoms with E-state index in [4.69, 9.17) is 12.2 Å². The van der Waals surface area contributed by atoms with Crippen molar-refractivity contribution < 1.29 is 0 Å². The fourth-order valence-electron chi connectivity index (χ4n) is 1.93. The summed E-state index contributed by atoms with van der Waals surface area (Å²) in [7, 11) is 0. The molecule has 0 spiro atoms. The molecule has 0 unspecified atom stereocenters. The van der Waals surface area contributed by atoms with Crippen molar-refractivity contribution in [2.24, 2.45) is 0 Å². The van der Waals surface area contributed by atoms with E-state index in [9.17, 15) is 0 Å². The Morgan fingerprint density at radius 3 is 2.47 bits per heavy atom. The van der Waals surface area contributed by atoms with Crippen LogP contribution in [0, 0.1) is 4.64 Å². The Kier molecular flexibility index (Phi) is 3.21. The van der Waals surface area contributed by atoms with Crippen molar-refractivity contribution >= 4 is 35.3 Å². The van der Waals surface area contributed by atoms with Crippen molar-refractivity contribution in [1.82, 2.24) is 9.97 Å². The first-order chi connectivity index (χ1) is 9.33. The molecule has 0 saturated heterocycles. The summed E-state index contributed by atoms with van der Waals surface area (Å²) in [6.07, 6.45) is 3.96. The van der Waals surface area contributed by atoms with Gasteiger partial charge in [0.05, 0.1) is 0 Å². The molecule has 3 rings (SSSR count). The first kappa shape index (κ1) is 11.8. The van der Waals surface area contributed by atoms with Crippen LogP contribution in [-0.4, -0.2) is 9.97 Å². The quantitative estimate of drug-likeness (QED) is 0.692. The molecule has 0 bridgehead atoms. The zero-order valence-electron chi connectivity index (χ0n) is 10.2. The molecule has 0 amide bonds. The van der Waals surface area contributed by atoms with E-state index in [2.05, 4.69) is 9.97 Å². The maximum Gasteiger partial charge on any atom is 0.137 e. The highest BCUT2D eigenvalue weighted by molar-refractivity contribution is 7.71. The van der Waals surface area contributed by atoms with Crippen molar-refractivity contribution in [3.8, 4) is 0 Å². The van der Waals surface area contributed by atoms with E-state index in [0.29, 0.717) is 4.64 Å². The Morgan fingerprint density at radius 2 is 1.63 bits per heavy atom. The minimum absolute atomic E-state index is 0.627. The molecule has 2 nitrogen and oxygen atoms in total. The van der Waals surface area contributed by atoms with Gasteiger partial charge in [-0.1, -0.05) is 60.8 Å². The van der Waals surface area contributed by atoms with Gasteiger partial charge in [0.2, 0.25) is 0 Å². The maximum atomic E-state index is 5.31. The number of fused-ring (bicyclic) bond motifs is 1. The van der Waals surface area contributed by atoms with Crippen LogP contribution in [0.3, 0.4) is 0 Å². The summed E-state index contributed by atoms with van der Waals surface area (Å²) in [5, 5.41) is 0.981. The van der Waals surface area contributed by atoms with Gasteiger partial charge in [-0.25, -0.2) is 4.98 Å². The summed E-state index contributed by atoms with van der Waals surface area (Å²) in [4.78, 5) is 7.66. The lowest BCUT2D eigenvalue weighted by atomic mass is 10.2. The number of benzene rings is 2. The fraction of sp³-hybridized carbons (Fsp3) is 0. The minimum atomic E-state index is 0.627. The van der Waals surface area contributed by atoms with Crippen LogP contribution < -0.4 is 0 Å². The van der Waals surface area contributed by atoms with Gasteiger partial charge in [-0.15, -0.1) is 0 Å². The molecule has 0 aliphatic carbocycles. The molecule has 0 saturated carbocycles. The van der Waals surface area contributed by atoms with Gasteiger partial charge in [0.1, 0.15) is 10.5 Å². The Labute approximate surface area is 116 Å². The third-order valence-corrected chi connectivity index (χ3v) is 3.19. The molecule has 0 aliphatic rings. The highest BCUT2D eigenvalue weighted by atomic mass is 32.1. The first-order valence-electron chi connectivity index (χ1n) is 6.05. The number of aromatic nitrogens is 2. The third-order valence-electron chi connectivity index (χ3n) is 2.88. The van der Waals surface area contributed by atoms with Crippen LogP contribution in [0.25, 0.3) is 23.1 Å². The molecule has 1 aromatic heterocycles. The molecular weight excluding hydrogens is 252 g/mol. The van der Waals surface area contributed by atoms with E-state index in [1.165, 1.54) is 0 Å². The van der Waals surface area contributed by atoms with Gasteiger partial charge in [-0.3, -0.25) is 0 Å². The standard InChI is InChI=1S/C16H12N2S/c19-16-13-8-4-5-9-14(13)17-15(18-16)11-10-12-6-2-1-3-7-12/h1-11H,(H,17,18,19). The molecular formula is C16H12N2S. The van der Waals surface area contributed by atoms with E-state index < -0.39 is 0 Å². The van der Waals surface area contributed by atoms with Crippen molar-refractivity contribution in [3.63, 3.8) is 0 Å². The van der Waals surface area contributed by atoms with Crippen LogP contribution in [0.4, 0.5) is 0 Å². The zero-order valence-corrected chi connectivity index (χ0v) is 11.0. The van der Waals surface area contributed by atoms with E-state index >= 15 is 0 Å². The van der Waals surface area contributed by atoms with Crippen molar-refractivity contribution in [2.75, 3.05) is 0 Å². The Balaban J connectivity index is 2.02. The SMILES string of the molecule is S=c1nc(C=Cc2ccccc2)[nH]c2ccccc12. The number of hydrogen-bond acceptors (Lipinski definition) is 2. The van der Waals surface area contributed by atoms with Crippen LogP contribution in [-0.2, 0) is 0 Å². The normalized spacial score (nSPS) is 11.2. The Bertz CT molecular complexity index is 788. The number of H-pyrrole nitrogens is 1. The number of hydrogen-bond donors (Lipinski definition) is 1.